The molecule has 0 radical (unpaired) electrons. The van der Waals surface area contributed by atoms with Gasteiger partial charge in [-0.3, -0.25) is 4.79 Å². The van der Waals surface area contributed by atoms with Gasteiger partial charge in [0.1, 0.15) is 11.6 Å². The molecule has 3 aromatic heterocycles. The third kappa shape index (κ3) is 4.25. The number of benzene rings is 1. The predicted molar refractivity (Wildman–Crippen MR) is 112 cm³/mol. The van der Waals surface area contributed by atoms with Crippen molar-refractivity contribution < 1.29 is 22.7 Å². The maximum Gasteiger partial charge on any atom is 0.573 e. The zero-order valence-electron chi connectivity index (χ0n) is 17.4. The van der Waals surface area contributed by atoms with Crippen LogP contribution in [0.3, 0.4) is 0 Å². The Labute approximate surface area is 180 Å². The van der Waals surface area contributed by atoms with E-state index in [0.29, 0.717) is 22.7 Å². The van der Waals surface area contributed by atoms with E-state index in [0.717, 1.165) is 5.69 Å². The average molecular weight is 441 g/mol. The molecule has 7 nitrogen and oxygen atoms in total. The van der Waals surface area contributed by atoms with Crippen LogP contribution in [-0.4, -0.2) is 31.9 Å². The number of nitrogens with zero attached hydrogens (tertiary/aromatic N) is 4. The lowest BCUT2D eigenvalue weighted by Crippen LogP contribution is -2.18. The number of aromatic nitrogens is 4. The van der Waals surface area contributed by atoms with Gasteiger partial charge in [0.2, 0.25) is 0 Å². The average Bonchev–Trinajstić information content (AvgIpc) is 3.04. The number of para-hydroxylation sites is 1. The van der Waals surface area contributed by atoms with Crippen molar-refractivity contribution in [3.8, 4) is 17.0 Å². The summed E-state index contributed by atoms with van der Waals surface area (Å²) in [4.78, 5) is 21.7. The smallest absolute Gasteiger partial charge is 0.405 e. The number of halogens is 3. The molecule has 0 aliphatic rings. The van der Waals surface area contributed by atoms with Crippen LogP contribution in [0.5, 0.6) is 5.75 Å². The van der Waals surface area contributed by atoms with E-state index in [9.17, 15) is 18.0 Å². The molecule has 32 heavy (non-hydrogen) atoms. The highest BCUT2D eigenvalue weighted by Crippen LogP contribution is 2.33. The molecule has 1 aromatic carbocycles. The number of pyridine rings is 1. The molecule has 0 bridgehead atoms. The van der Waals surface area contributed by atoms with Gasteiger partial charge in [0, 0.05) is 11.3 Å². The van der Waals surface area contributed by atoms with Crippen LogP contribution in [0.15, 0.2) is 48.5 Å². The molecule has 0 unspecified atom stereocenters. The third-order valence-electron chi connectivity index (χ3n) is 4.68. The second kappa shape index (κ2) is 7.95. The summed E-state index contributed by atoms with van der Waals surface area (Å²) < 4.78 is 44.1. The van der Waals surface area contributed by atoms with Crippen LogP contribution in [0.4, 0.5) is 19.0 Å². The highest BCUT2D eigenvalue weighted by Gasteiger charge is 2.32. The van der Waals surface area contributed by atoms with E-state index >= 15 is 0 Å². The molecule has 4 rings (SSSR count). The fourth-order valence-electron chi connectivity index (χ4n) is 3.35. The summed E-state index contributed by atoms with van der Waals surface area (Å²) in [5, 5.41) is 7.14. The van der Waals surface area contributed by atoms with Gasteiger partial charge in [-0.1, -0.05) is 18.2 Å². The number of carbonyl (C=O) groups is 1. The van der Waals surface area contributed by atoms with Gasteiger partial charge in [-0.05, 0) is 56.7 Å². The molecular weight excluding hydrogens is 423 g/mol. The summed E-state index contributed by atoms with van der Waals surface area (Å²) in [6.07, 6.45) is -4.85. The fourth-order valence-corrected chi connectivity index (χ4v) is 3.35. The van der Waals surface area contributed by atoms with Crippen LogP contribution >= 0.6 is 0 Å². The molecule has 0 aliphatic heterocycles. The molecule has 164 valence electrons. The van der Waals surface area contributed by atoms with Crippen LogP contribution < -0.4 is 10.1 Å². The summed E-state index contributed by atoms with van der Waals surface area (Å²) in [7, 11) is 0. The topological polar surface area (TPSA) is 81.4 Å². The van der Waals surface area contributed by atoms with Crippen LogP contribution in [0, 0.1) is 20.8 Å². The molecule has 0 atom stereocenters. The molecule has 0 spiro atoms. The lowest BCUT2D eigenvalue weighted by molar-refractivity contribution is -0.274. The number of rotatable bonds is 4. The molecule has 0 saturated heterocycles. The van der Waals surface area contributed by atoms with Crippen molar-refractivity contribution in [1.29, 1.82) is 0 Å². The predicted octanol–water partition coefficient (Wildman–Crippen LogP) is 4.87. The molecule has 10 heteroatoms. The number of carbonyl (C=O) groups excluding carboxylic acids is 1. The number of hydrogen-bond donors (Lipinski definition) is 1. The largest absolute Gasteiger partial charge is 0.573 e. The van der Waals surface area contributed by atoms with Crippen molar-refractivity contribution in [2.24, 2.45) is 0 Å². The van der Waals surface area contributed by atoms with Crippen molar-refractivity contribution in [3.63, 3.8) is 0 Å². The van der Waals surface area contributed by atoms with Gasteiger partial charge in [-0.2, -0.15) is 5.10 Å². The SMILES string of the molecule is Cc1cccc(NC(=O)c2c(C)nc3c(C)cc(-c4ccccc4OC(F)(F)F)nn23)n1. The van der Waals surface area contributed by atoms with Crippen LogP contribution in [0.2, 0.25) is 0 Å². The van der Waals surface area contributed by atoms with E-state index in [-0.39, 0.29) is 17.0 Å². The van der Waals surface area contributed by atoms with Crippen LogP contribution in [0.25, 0.3) is 16.9 Å². The van der Waals surface area contributed by atoms with Gasteiger partial charge in [-0.15, -0.1) is 13.2 Å². The Bertz CT molecular complexity index is 1330. The van der Waals surface area contributed by atoms with Crippen LogP contribution in [0.1, 0.15) is 27.4 Å². The van der Waals surface area contributed by atoms with E-state index in [4.69, 9.17) is 0 Å². The number of anilines is 1. The van der Waals surface area contributed by atoms with E-state index in [2.05, 4.69) is 25.1 Å². The molecule has 0 aliphatic carbocycles. The van der Waals surface area contributed by atoms with E-state index < -0.39 is 18.0 Å². The lowest BCUT2D eigenvalue weighted by Gasteiger charge is -2.13. The summed E-state index contributed by atoms with van der Waals surface area (Å²) in [6, 6.07) is 12.5. The standard InChI is InChI=1S/C22H18F3N5O2/c1-12-11-16(15-8-4-5-9-17(15)32-22(23,24)25)29-30-19(14(3)27-20(12)30)21(31)28-18-10-6-7-13(2)26-18/h4-11H,1-3H3,(H,26,28,31). The minimum absolute atomic E-state index is 0.132. The number of ether oxygens (including phenoxy) is 1. The fraction of sp³-hybridized carbons (Fsp3) is 0.182. The first kappa shape index (κ1) is 21.3. The summed E-state index contributed by atoms with van der Waals surface area (Å²) >= 11 is 0. The molecule has 0 fully saturated rings. The summed E-state index contributed by atoms with van der Waals surface area (Å²) in [6.45, 7) is 5.20. The van der Waals surface area contributed by atoms with Gasteiger partial charge in [0.25, 0.3) is 5.91 Å². The molecule has 0 saturated carbocycles. The Kier molecular flexibility index (Phi) is 5.29. The third-order valence-corrected chi connectivity index (χ3v) is 4.68. The van der Waals surface area contributed by atoms with Crippen molar-refractivity contribution in [2.45, 2.75) is 27.1 Å². The Morgan fingerprint density at radius 2 is 1.78 bits per heavy atom. The number of aryl methyl sites for hydroxylation is 3. The number of nitrogens with one attached hydrogen (secondary N) is 1. The molecular formula is C22H18F3N5O2. The maximum atomic E-state index is 13.0. The van der Waals surface area contributed by atoms with E-state index in [1.54, 1.807) is 51.1 Å². The second-order valence-electron chi connectivity index (χ2n) is 7.16. The number of hydrogen-bond acceptors (Lipinski definition) is 5. The van der Waals surface area contributed by atoms with Crippen molar-refractivity contribution in [3.05, 3.63) is 71.2 Å². The normalized spacial score (nSPS) is 11.6. The Balaban J connectivity index is 1.81. The minimum atomic E-state index is -4.85. The lowest BCUT2D eigenvalue weighted by atomic mass is 10.1. The van der Waals surface area contributed by atoms with E-state index in [1.165, 1.54) is 22.7 Å². The molecule has 4 aromatic rings. The summed E-state index contributed by atoms with van der Waals surface area (Å²) in [5.74, 6) is -0.517. The Morgan fingerprint density at radius 1 is 1.03 bits per heavy atom. The highest BCUT2D eigenvalue weighted by atomic mass is 19.4. The first-order valence-electron chi connectivity index (χ1n) is 9.59. The van der Waals surface area contributed by atoms with Crippen LogP contribution in [-0.2, 0) is 0 Å². The Hall–Kier alpha value is -3.95. The van der Waals surface area contributed by atoms with Gasteiger partial charge < -0.3 is 10.1 Å². The van der Waals surface area contributed by atoms with Crippen molar-refractivity contribution >= 4 is 17.4 Å². The van der Waals surface area contributed by atoms with E-state index in [1.807, 2.05) is 0 Å². The van der Waals surface area contributed by atoms with Gasteiger partial charge in [-0.25, -0.2) is 14.5 Å². The first-order chi connectivity index (χ1) is 15.1. The number of imidazole rings is 1. The highest BCUT2D eigenvalue weighted by molar-refractivity contribution is 6.04. The number of alkyl halides is 3. The quantitative estimate of drug-likeness (QED) is 0.489. The van der Waals surface area contributed by atoms with Crippen molar-refractivity contribution in [2.75, 3.05) is 5.32 Å². The Morgan fingerprint density at radius 3 is 2.50 bits per heavy atom. The van der Waals surface area contributed by atoms with Gasteiger partial charge in [0.15, 0.2) is 11.3 Å². The number of fused-ring (bicyclic) bond motifs is 1. The summed E-state index contributed by atoms with van der Waals surface area (Å²) in [5.41, 5.74) is 2.69. The minimum Gasteiger partial charge on any atom is -0.405 e. The monoisotopic (exact) mass is 441 g/mol. The molecule has 1 N–H and O–H groups in total. The zero-order valence-corrected chi connectivity index (χ0v) is 17.4. The maximum absolute atomic E-state index is 13.0. The second-order valence-corrected chi connectivity index (χ2v) is 7.16. The van der Waals surface area contributed by atoms with Gasteiger partial charge >= 0.3 is 6.36 Å². The number of amides is 1. The molecule has 3 heterocycles. The first-order valence-corrected chi connectivity index (χ1v) is 9.59. The molecule has 1 amide bonds. The van der Waals surface area contributed by atoms with Gasteiger partial charge in [0.05, 0.1) is 11.4 Å². The zero-order chi connectivity index (χ0) is 23.0. The van der Waals surface area contributed by atoms with Crippen molar-refractivity contribution in [1.82, 2.24) is 19.6 Å².